The third kappa shape index (κ3) is 6.30. The molecule has 1 unspecified atom stereocenters. The Labute approximate surface area is 205 Å². The van der Waals surface area contributed by atoms with Gasteiger partial charge in [-0.15, -0.1) is 0 Å². The Morgan fingerprint density at radius 1 is 0.906 bits per heavy atom. The fourth-order valence-corrected chi connectivity index (χ4v) is 3.77. The van der Waals surface area contributed by atoms with Crippen molar-refractivity contribution >= 4 is 64.0 Å². The molecule has 0 spiro atoms. The van der Waals surface area contributed by atoms with E-state index in [1.807, 2.05) is 6.07 Å². The third-order valence-electron chi connectivity index (χ3n) is 4.33. The molecule has 1 amide bonds. The lowest BCUT2D eigenvalue weighted by Gasteiger charge is -2.15. The van der Waals surface area contributed by atoms with Crippen LogP contribution in [0.3, 0.4) is 0 Å². The minimum atomic E-state index is -0.858. The van der Waals surface area contributed by atoms with E-state index in [4.69, 9.17) is 55.9 Å². The van der Waals surface area contributed by atoms with E-state index in [0.29, 0.717) is 26.9 Å². The number of esters is 1. The first kappa shape index (κ1) is 24.2. The molecule has 166 valence electrons. The number of ether oxygens (including phenoxy) is 2. The molecule has 9 heteroatoms. The van der Waals surface area contributed by atoms with Gasteiger partial charge >= 0.3 is 5.97 Å². The molecule has 3 aromatic carbocycles. The largest absolute Gasteiger partial charge is 0.479 e. The maximum absolute atomic E-state index is 12.5. The van der Waals surface area contributed by atoms with Crippen molar-refractivity contribution in [3.63, 3.8) is 0 Å². The summed E-state index contributed by atoms with van der Waals surface area (Å²) in [6.45, 7) is 1.61. The molecule has 0 radical (unpaired) electrons. The highest BCUT2D eigenvalue weighted by molar-refractivity contribution is 6.42. The maximum Gasteiger partial charge on any atom is 0.347 e. The molecular formula is C23H17Cl4NO4. The Hall–Kier alpha value is -2.44. The zero-order chi connectivity index (χ0) is 23.3. The van der Waals surface area contributed by atoms with Crippen LogP contribution in [0.4, 0.5) is 5.69 Å². The highest BCUT2D eigenvalue weighted by atomic mass is 35.5. The van der Waals surface area contributed by atoms with E-state index in [1.54, 1.807) is 49.4 Å². The van der Waals surface area contributed by atoms with E-state index in [9.17, 15) is 9.59 Å². The second-order valence-corrected chi connectivity index (χ2v) is 8.34. The summed E-state index contributed by atoms with van der Waals surface area (Å²) in [6.07, 6.45) is -0.858. The van der Waals surface area contributed by atoms with Gasteiger partial charge in [0, 0.05) is 21.2 Å². The average molecular weight is 513 g/mol. The summed E-state index contributed by atoms with van der Waals surface area (Å²) in [4.78, 5) is 24.7. The highest BCUT2D eigenvalue weighted by Crippen LogP contribution is 2.34. The van der Waals surface area contributed by atoms with E-state index in [2.05, 4.69) is 5.32 Å². The molecule has 32 heavy (non-hydrogen) atoms. The molecule has 0 heterocycles. The summed E-state index contributed by atoms with van der Waals surface area (Å²) in [7, 11) is 0. The van der Waals surface area contributed by atoms with E-state index < -0.39 is 18.0 Å². The van der Waals surface area contributed by atoms with Crippen molar-refractivity contribution in [2.75, 3.05) is 5.32 Å². The van der Waals surface area contributed by atoms with Crippen LogP contribution >= 0.6 is 46.4 Å². The molecular weight excluding hydrogens is 496 g/mol. The van der Waals surface area contributed by atoms with Crippen molar-refractivity contribution < 1.29 is 19.1 Å². The summed E-state index contributed by atoms with van der Waals surface area (Å²) in [5.74, 6) is -0.570. The molecule has 3 aromatic rings. The molecule has 0 bridgehead atoms. The van der Waals surface area contributed by atoms with Crippen molar-refractivity contribution in [3.8, 4) is 5.75 Å². The summed E-state index contributed by atoms with van der Waals surface area (Å²) < 4.78 is 10.9. The number of carbonyl (C=O) groups is 2. The van der Waals surface area contributed by atoms with E-state index in [1.165, 1.54) is 12.1 Å². The third-order valence-corrected chi connectivity index (χ3v) is 5.52. The van der Waals surface area contributed by atoms with Gasteiger partial charge < -0.3 is 14.8 Å². The molecule has 0 saturated heterocycles. The molecule has 3 rings (SSSR count). The van der Waals surface area contributed by atoms with Gasteiger partial charge in [-0.2, -0.15) is 0 Å². The van der Waals surface area contributed by atoms with Crippen LogP contribution < -0.4 is 10.1 Å². The van der Waals surface area contributed by atoms with Gasteiger partial charge in [0.1, 0.15) is 12.4 Å². The zero-order valence-electron chi connectivity index (χ0n) is 16.7. The molecule has 0 saturated carbocycles. The Morgan fingerprint density at radius 3 is 2.16 bits per heavy atom. The van der Waals surface area contributed by atoms with E-state index >= 15 is 0 Å². The first-order valence-electron chi connectivity index (χ1n) is 9.37. The predicted octanol–water partition coefficient (Wildman–Crippen LogP) is 7.06. The van der Waals surface area contributed by atoms with Crippen LogP contribution in [0.15, 0.2) is 60.7 Å². The predicted molar refractivity (Wildman–Crippen MR) is 127 cm³/mol. The monoisotopic (exact) mass is 511 g/mol. The lowest BCUT2D eigenvalue weighted by Crippen LogP contribution is -2.26. The van der Waals surface area contributed by atoms with Gasteiger partial charge in [0.2, 0.25) is 0 Å². The standard InChI is InChI=1S/C23H17Cl4NO4/c1-13(23(30)31-12-15-4-2-3-5-18(15)25)32-17-8-6-14(7-9-17)22(29)28-21-19(26)10-16(24)11-20(21)27/h2-11,13H,12H2,1H3,(H,28,29). The van der Waals surface area contributed by atoms with Gasteiger partial charge in [-0.3, -0.25) is 4.79 Å². The van der Waals surface area contributed by atoms with Crippen molar-refractivity contribution in [1.82, 2.24) is 0 Å². The van der Waals surface area contributed by atoms with Crippen LogP contribution in [-0.4, -0.2) is 18.0 Å². The van der Waals surface area contributed by atoms with E-state index in [0.717, 1.165) is 0 Å². The van der Waals surface area contributed by atoms with Gasteiger partial charge in [0.05, 0.1) is 15.7 Å². The van der Waals surface area contributed by atoms with Gasteiger partial charge in [-0.1, -0.05) is 64.6 Å². The minimum Gasteiger partial charge on any atom is -0.479 e. The summed E-state index contributed by atoms with van der Waals surface area (Å²) in [6, 6.07) is 16.3. The summed E-state index contributed by atoms with van der Waals surface area (Å²) in [5, 5.41) is 3.97. The number of carbonyl (C=O) groups excluding carboxylic acids is 2. The number of hydrogen-bond acceptors (Lipinski definition) is 4. The van der Waals surface area contributed by atoms with Crippen LogP contribution in [0.2, 0.25) is 20.1 Å². The number of nitrogens with one attached hydrogen (secondary N) is 1. The van der Waals surface area contributed by atoms with Crippen molar-refractivity contribution in [2.45, 2.75) is 19.6 Å². The second kappa shape index (κ2) is 10.9. The smallest absolute Gasteiger partial charge is 0.347 e. The molecule has 0 aromatic heterocycles. The number of amides is 1. The lowest BCUT2D eigenvalue weighted by molar-refractivity contribution is -0.152. The Balaban J connectivity index is 1.57. The number of rotatable bonds is 7. The van der Waals surface area contributed by atoms with Gasteiger partial charge in [0.15, 0.2) is 6.10 Å². The quantitative estimate of drug-likeness (QED) is 0.344. The number of benzene rings is 3. The molecule has 0 aliphatic rings. The average Bonchev–Trinajstić information content (AvgIpc) is 2.75. The molecule has 0 fully saturated rings. The fourth-order valence-electron chi connectivity index (χ4n) is 2.67. The van der Waals surface area contributed by atoms with Crippen LogP contribution in [0.25, 0.3) is 0 Å². The van der Waals surface area contributed by atoms with Crippen molar-refractivity contribution in [3.05, 3.63) is 91.9 Å². The Kier molecular flexibility index (Phi) is 8.26. The molecule has 0 aliphatic carbocycles. The van der Waals surface area contributed by atoms with Crippen molar-refractivity contribution in [2.24, 2.45) is 0 Å². The summed E-state index contributed by atoms with van der Waals surface area (Å²) in [5.41, 5.74) is 1.30. The molecule has 5 nitrogen and oxygen atoms in total. The van der Waals surface area contributed by atoms with Crippen LogP contribution in [0.5, 0.6) is 5.75 Å². The van der Waals surface area contributed by atoms with Crippen LogP contribution in [-0.2, 0) is 16.1 Å². The number of anilines is 1. The summed E-state index contributed by atoms with van der Waals surface area (Å²) >= 11 is 24.1. The molecule has 0 aliphatic heterocycles. The highest BCUT2D eigenvalue weighted by Gasteiger charge is 2.18. The van der Waals surface area contributed by atoms with Gasteiger partial charge in [0.25, 0.3) is 5.91 Å². The second-order valence-electron chi connectivity index (χ2n) is 6.68. The fraction of sp³-hybridized carbons (Fsp3) is 0.130. The van der Waals surface area contributed by atoms with Gasteiger partial charge in [-0.25, -0.2) is 4.79 Å². The van der Waals surface area contributed by atoms with Crippen molar-refractivity contribution in [1.29, 1.82) is 0 Å². The van der Waals surface area contributed by atoms with Crippen LogP contribution in [0.1, 0.15) is 22.8 Å². The molecule has 1 N–H and O–H groups in total. The normalized spacial score (nSPS) is 11.5. The first-order chi connectivity index (χ1) is 15.2. The van der Waals surface area contributed by atoms with Gasteiger partial charge in [-0.05, 0) is 49.4 Å². The topological polar surface area (TPSA) is 64.6 Å². The Bertz CT molecular complexity index is 1110. The Morgan fingerprint density at radius 2 is 1.53 bits per heavy atom. The molecule has 1 atom stereocenters. The maximum atomic E-state index is 12.5. The SMILES string of the molecule is CC(Oc1ccc(C(=O)Nc2c(Cl)cc(Cl)cc2Cl)cc1)C(=O)OCc1ccccc1Cl. The zero-order valence-corrected chi connectivity index (χ0v) is 19.7. The first-order valence-corrected chi connectivity index (χ1v) is 10.9. The lowest BCUT2D eigenvalue weighted by atomic mass is 10.2. The number of hydrogen-bond donors (Lipinski definition) is 1. The number of halogens is 4. The van der Waals surface area contributed by atoms with E-state index in [-0.39, 0.29) is 22.3 Å². The minimum absolute atomic E-state index is 0.0428. The van der Waals surface area contributed by atoms with Crippen LogP contribution in [0, 0.1) is 0 Å².